The first kappa shape index (κ1) is 10.9. The second-order valence-electron chi connectivity index (χ2n) is 5.00. The van der Waals surface area contributed by atoms with Crippen LogP contribution < -0.4 is 0 Å². The molecule has 1 saturated carbocycles. The van der Waals surface area contributed by atoms with E-state index in [0.717, 1.165) is 26.1 Å². The summed E-state index contributed by atoms with van der Waals surface area (Å²) >= 11 is 0. The van der Waals surface area contributed by atoms with Gasteiger partial charge in [-0.2, -0.15) is 0 Å². The van der Waals surface area contributed by atoms with E-state index in [9.17, 15) is 4.79 Å². The predicted molar refractivity (Wildman–Crippen MR) is 54.9 cm³/mol. The third-order valence-electron chi connectivity index (χ3n) is 3.81. The molecule has 15 heavy (non-hydrogen) atoms. The first-order valence-electron chi connectivity index (χ1n) is 5.47. The molecule has 1 heterocycles. The lowest BCUT2D eigenvalue weighted by atomic mass is 9.83. The number of hydrogen-bond donors (Lipinski definition) is 0. The van der Waals surface area contributed by atoms with Gasteiger partial charge in [0.1, 0.15) is 0 Å². The molecule has 2 aliphatic rings. The Morgan fingerprint density at radius 3 is 2.53 bits per heavy atom. The fourth-order valence-electron chi connectivity index (χ4n) is 2.86. The van der Waals surface area contributed by atoms with Crippen molar-refractivity contribution in [2.45, 2.75) is 19.8 Å². The van der Waals surface area contributed by atoms with E-state index >= 15 is 0 Å². The van der Waals surface area contributed by atoms with E-state index in [1.807, 2.05) is 0 Å². The highest BCUT2D eigenvalue weighted by molar-refractivity contribution is 5.78. The minimum atomic E-state index is 0.105. The van der Waals surface area contributed by atoms with Crippen LogP contribution in [-0.4, -0.2) is 38.3 Å². The number of hydroxylamine groups is 2. The molecule has 1 aliphatic carbocycles. The van der Waals surface area contributed by atoms with Crippen LogP contribution in [0.1, 0.15) is 19.8 Å². The maximum Gasteiger partial charge on any atom is 0.249 e. The van der Waals surface area contributed by atoms with Crippen molar-refractivity contribution in [2.75, 3.05) is 27.4 Å². The first-order chi connectivity index (χ1) is 7.08. The molecule has 0 aromatic carbocycles. The number of nitrogens with zero attached hydrogens (tertiary/aromatic N) is 1. The minimum absolute atomic E-state index is 0.105. The van der Waals surface area contributed by atoms with Crippen LogP contribution in [0, 0.1) is 17.3 Å². The van der Waals surface area contributed by atoms with Gasteiger partial charge in [0.05, 0.1) is 20.3 Å². The zero-order valence-electron chi connectivity index (χ0n) is 9.66. The maximum absolute atomic E-state index is 12.0. The topological polar surface area (TPSA) is 38.8 Å². The number of carbonyl (C=O) groups is 1. The Kier molecular flexibility index (Phi) is 2.73. The molecule has 2 rings (SSSR count). The fourth-order valence-corrected chi connectivity index (χ4v) is 2.86. The average Bonchev–Trinajstić information content (AvgIpc) is 2.53. The Morgan fingerprint density at radius 1 is 1.47 bits per heavy atom. The van der Waals surface area contributed by atoms with Crippen molar-refractivity contribution < 1.29 is 14.4 Å². The molecule has 1 aliphatic heterocycles. The fraction of sp³-hybridized carbons (Fsp3) is 0.909. The average molecular weight is 213 g/mol. The molecule has 0 aromatic heterocycles. The van der Waals surface area contributed by atoms with Gasteiger partial charge in [0.25, 0.3) is 0 Å². The lowest BCUT2D eigenvalue weighted by Crippen LogP contribution is -2.41. The zero-order chi connectivity index (χ0) is 11.1. The van der Waals surface area contributed by atoms with Gasteiger partial charge in [0, 0.05) is 18.4 Å². The highest BCUT2D eigenvalue weighted by atomic mass is 16.7. The van der Waals surface area contributed by atoms with Crippen LogP contribution in [0.4, 0.5) is 0 Å². The van der Waals surface area contributed by atoms with E-state index < -0.39 is 0 Å². The van der Waals surface area contributed by atoms with Crippen molar-refractivity contribution in [3.63, 3.8) is 0 Å². The van der Waals surface area contributed by atoms with Crippen LogP contribution in [-0.2, 0) is 14.4 Å². The minimum Gasteiger partial charge on any atom is -0.380 e. The molecule has 0 aromatic rings. The molecular weight excluding hydrogens is 194 g/mol. The Morgan fingerprint density at radius 2 is 2.13 bits per heavy atom. The molecular formula is C11H19NO3. The van der Waals surface area contributed by atoms with Gasteiger partial charge >= 0.3 is 0 Å². The van der Waals surface area contributed by atoms with Gasteiger partial charge < -0.3 is 4.74 Å². The lowest BCUT2D eigenvalue weighted by molar-refractivity contribution is -0.175. The van der Waals surface area contributed by atoms with Gasteiger partial charge in [-0.1, -0.05) is 6.92 Å². The summed E-state index contributed by atoms with van der Waals surface area (Å²) in [5.74, 6) is 0.659. The summed E-state index contributed by atoms with van der Waals surface area (Å²) in [5, 5.41) is 1.35. The van der Waals surface area contributed by atoms with Crippen LogP contribution in [0.15, 0.2) is 0 Å². The summed E-state index contributed by atoms with van der Waals surface area (Å²) in [7, 11) is 3.21. The molecule has 1 spiro atoms. The lowest BCUT2D eigenvalue weighted by Gasteiger charge is -2.38. The van der Waals surface area contributed by atoms with Crippen molar-refractivity contribution in [2.24, 2.45) is 17.3 Å². The Bertz CT molecular complexity index is 263. The smallest absolute Gasteiger partial charge is 0.249 e. The van der Waals surface area contributed by atoms with Gasteiger partial charge in [-0.05, 0) is 18.8 Å². The molecule has 86 valence electrons. The van der Waals surface area contributed by atoms with Crippen LogP contribution in [0.5, 0.6) is 0 Å². The van der Waals surface area contributed by atoms with Gasteiger partial charge in [-0.15, -0.1) is 0 Å². The van der Waals surface area contributed by atoms with E-state index in [1.54, 1.807) is 7.05 Å². The molecule has 2 unspecified atom stereocenters. The molecule has 4 heteroatoms. The van der Waals surface area contributed by atoms with Crippen LogP contribution in [0.3, 0.4) is 0 Å². The predicted octanol–water partition coefficient (Wildman–Crippen LogP) is 1.07. The van der Waals surface area contributed by atoms with Crippen LogP contribution in [0.2, 0.25) is 0 Å². The van der Waals surface area contributed by atoms with Gasteiger partial charge in [0.15, 0.2) is 0 Å². The zero-order valence-corrected chi connectivity index (χ0v) is 9.66. The summed E-state index contributed by atoms with van der Waals surface area (Å²) in [6.07, 6.45) is 2.07. The Labute approximate surface area is 90.5 Å². The number of hydrogen-bond acceptors (Lipinski definition) is 3. The number of carbonyl (C=O) groups excluding carboxylic acids is 1. The normalized spacial score (nSPS) is 32.7. The molecule has 4 nitrogen and oxygen atoms in total. The third kappa shape index (κ3) is 1.76. The number of ether oxygens (including phenoxy) is 1. The molecule has 2 atom stereocenters. The standard InChI is InChI=1S/C11H19NO3/c1-8-4-11(6-15-7-11)5-9(8)10(13)12(2)14-3/h8-9H,4-7H2,1-3H3. The van der Waals surface area contributed by atoms with Gasteiger partial charge in [-0.3, -0.25) is 9.63 Å². The van der Waals surface area contributed by atoms with Crippen molar-refractivity contribution in [3.05, 3.63) is 0 Å². The largest absolute Gasteiger partial charge is 0.380 e. The molecule has 0 bridgehead atoms. The van der Waals surface area contributed by atoms with E-state index in [-0.39, 0.29) is 11.8 Å². The second kappa shape index (κ2) is 3.76. The van der Waals surface area contributed by atoms with Gasteiger partial charge in [0.2, 0.25) is 5.91 Å². The van der Waals surface area contributed by atoms with E-state index in [0.29, 0.717) is 11.3 Å². The highest BCUT2D eigenvalue weighted by Gasteiger charge is 2.51. The van der Waals surface area contributed by atoms with Crippen molar-refractivity contribution in [3.8, 4) is 0 Å². The van der Waals surface area contributed by atoms with Crippen LogP contribution in [0.25, 0.3) is 0 Å². The maximum atomic E-state index is 12.0. The van der Waals surface area contributed by atoms with Gasteiger partial charge in [-0.25, -0.2) is 5.06 Å². The van der Waals surface area contributed by atoms with E-state index in [1.165, 1.54) is 12.2 Å². The van der Waals surface area contributed by atoms with Crippen molar-refractivity contribution in [1.29, 1.82) is 0 Å². The number of amides is 1. The van der Waals surface area contributed by atoms with E-state index in [2.05, 4.69) is 6.92 Å². The molecule has 0 radical (unpaired) electrons. The summed E-state index contributed by atoms with van der Waals surface area (Å²) < 4.78 is 5.27. The van der Waals surface area contributed by atoms with E-state index in [4.69, 9.17) is 9.57 Å². The third-order valence-corrected chi connectivity index (χ3v) is 3.81. The summed E-state index contributed by atoms with van der Waals surface area (Å²) in [4.78, 5) is 16.9. The van der Waals surface area contributed by atoms with Crippen molar-refractivity contribution in [1.82, 2.24) is 5.06 Å². The number of rotatable bonds is 2. The first-order valence-corrected chi connectivity index (χ1v) is 5.47. The Hall–Kier alpha value is -0.610. The summed E-state index contributed by atoms with van der Waals surface area (Å²) in [5.41, 5.74) is 0.300. The molecule has 2 fully saturated rings. The van der Waals surface area contributed by atoms with Crippen molar-refractivity contribution >= 4 is 5.91 Å². The second-order valence-corrected chi connectivity index (χ2v) is 5.00. The monoisotopic (exact) mass is 213 g/mol. The molecule has 1 amide bonds. The highest BCUT2D eigenvalue weighted by Crippen LogP contribution is 2.50. The quantitative estimate of drug-likeness (QED) is 0.644. The summed E-state index contributed by atoms with van der Waals surface area (Å²) in [6.45, 7) is 3.81. The molecule has 1 saturated heterocycles. The van der Waals surface area contributed by atoms with Crippen LogP contribution >= 0.6 is 0 Å². The summed E-state index contributed by atoms with van der Waals surface area (Å²) in [6, 6.07) is 0. The molecule has 0 N–H and O–H groups in total. The Balaban J connectivity index is 2.01. The SMILES string of the molecule is CON(C)C(=O)C1CC2(COC2)CC1C.